The molecule has 1 aromatic heterocycles. The van der Waals surface area contributed by atoms with Gasteiger partial charge in [-0.3, -0.25) is 0 Å². The maximum absolute atomic E-state index is 12.4. The molecule has 2 unspecified atom stereocenters. The van der Waals surface area contributed by atoms with Gasteiger partial charge in [0, 0.05) is 6.04 Å². The fraction of sp³-hybridized carbons (Fsp3) is 0.643. The van der Waals surface area contributed by atoms with E-state index in [1.807, 2.05) is 0 Å². The van der Waals surface area contributed by atoms with Gasteiger partial charge < -0.3 is 5.11 Å². The Hall–Kier alpha value is -0.920. The van der Waals surface area contributed by atoms with Gasteiger partial charge in [0.15, 0.2) is 0 Å². The van der Waals surface area contributed by atoms with Gasteiger partial charge in [-0.25, -0.2) is 17.9 Å². The first-order valence-electron chi connectivity index (χ1n) is 7.15. The zero-order valence-corrected chi connectivity index (χ0v) is 13.9. The van der Waals surface area contributed by atoms with Gasteiger partial charge in [0.05, 0.1) is 0 Å². The van der Waals surface area contributed by atoms with E-state index in [4.69, 9.17) is 5.11 Å². The van der Waals surface area contributed by atoms with Crippen LogP contribution in [0, 0.1) is 12.8 Å². The van der Waals surface area contributed by atoms with E-state index >= 15 is 0 Å². The molecule has 1 saturated carbocycles. The van der Waals surface area contributed by atoms with Crippen molar-refractivity contribution >= 4 is 27.3 Å². The topological polar surface area (TPSA) is 83.5 Å². The quantitative estimate of drug-likeness (QED) is 0.831. The fourth-order valence-electron chi connectivity index (χ4n) is 2.68. The van der Waals surface area contributed by atoms with Crippen molar-refractivity contribution in [3.8, 4) is 0 Å². The summed E-state index contributed by atoms with van der Waals surface area (Å²) in [6.07, 6.45) is 4.88. The summed E-state index contributed by atoms with van der Waals surface area (Å²) in [5.74, 6) is -0.440. The minimum atomic E-state index is -3.62. The zero-order chi connectivity index (χ0) is 15.6. The SMILES string of the molecule is Cc1cc(S(=O)(=O)NC2CCCC(C)CC2)sc1C(=O)O. The molecule has 1 aliphatic carbocycles. The second-order valence-corrected chi connectivity index (χ2v) is 8.81. The summed E-state index contributed by atoms with van der Waals surface area (Å²) < 4.78 is 27.6. The molecule has 0 aromatic carbocycles. The molecule has 2 N–H and O–H groups in total. The van der Waals surface area contributed by atoms with Gasteiger partial charge >= 0.3 is 5.97 Å². The lowest BCUT2D eigenvalue weighted by Gasteiger charge is -2.15. The third-order valence-corrected chi connectivity index (χ3v) is 7.15. The Labute approximate surface area is 129 Å². The number of thiophene rings is 1. The van der Waals surface area contributed by atoms with Crippen LogP contribution in [0.1, 0.15) is 54.3 Å². The van der Waals surface area contributed by atoms with E-state index in [9.17, 15) is 13.2 Å². The van der Waals surface area contributed by atoms with E-state index in [0.717, 1.165) is 43.4 Å². The lowest BCUT2D eigenvalue weighted by Crippen LogP contribution is -2.34. The highest BCUT2D eigenvalue weighted by Crippen LogP contribution is 2.28. The summed E-state index contributed by atoms with van der Waals surface area (Å²) in [4.78, 5) is 11.1. The lowest BCUT2D eigenvalue weighted by atomic mass is 10.0. The number of carboxylic acid groups (broad SMARTS) is 1. The van der Waals surface area contributed by atoms with Crippen LogP contribution in [-0.2, 0) is 10.0 Å². The predicted molar refractivity (Wildman–Crippen MR) is 82.4 cm³/mol. The van der Waals surface area contributed by atoms with Crippen LogP contribution in [0.5, 0.6) is 0 Å². The van der Waals surface area contributed by atoms with Gasteiger partial charge in [0.1, 0.15) is 9.09 Å². The second-order valence-electron chi connectivity index (χ2n) is 5.81. The van der Waals surface area contributed by atoms with E-state index in [1.54, 1.807) is 6.92 Å². The number of nitrogens with one attached hydrogen (secondary N) is 1. The van der Waals surface area contributed by atoms with Crippen molar-refractivity contribution in [1.29, 1.82) is 0 Å². The molecule has 0 radical (unpaired) electrons. The van der Waals surface area contributed by atoms with Gasteiger partial charge in [-0.1, -0.05) is 19.8 Å². The molecule has 1 fully saturated rings. The number of carboxylic acids is 1. The van der Waals surface area contributed by atoms with Crippen LogP contribution in [-0.4, -0.2) is 25.5 Å². The van der Waals surface area contributed by atoms with Crippen molar-refractivity contribution in [2.75, 3.05) is 0 Å². The van der Waals surface area contributed by atoms with Gasteiger partial charge in [0.2, 0.25) is 10.0 Å². The monoisotopic (exact) mass is 331 g/mol. The molecule has 0 amide bonds. The van der Waals surface area contributed by atoms with Crippen LogP contribution in [0.4, 0.5) is 0 Å². The van der Waals surface area contributed by atoms with E-state index in [-0.39, 0.29) is 15.1 Å². The summed E-state index contributed by atoms with van der Waals surface area (Å²) >= 11 is 0.819. The third-order valence-electron chi connectivity index (χ3n) is 3.93. The van der Waals surface area contributed by atoms with Crippen molar-refractivity contribution in [2.24, 2.45) is 5.92 Å². The molecule has 0 saturated heterocycles. The summed E-state index contributed by atoms with van der Waals surface area (Å²) in [6, 6.07) is 1.39. The van der Waals surface area contributed by atoms with Crippen LogP contribution in [0.3, 0.4) is 0 Å². The number of aromatic carboxylic acids is 1. The van der Waals surface area contributed by atoms with E-state index in [1.165, 1.54) is 6.07 Å². The first kappa shape index (κ1) is 16.5. The molecular weight excluding hydrogens is 310 g/mol. The molecule has 0 bridgehead atoms. The minimum absolute atomic E-state index is 0.0457. The molecule has 5 nitrogen and oxygen atoms in total. The van der Waals surface area contributed by atoms with Crippen molar-refractivity contribution in [2.45, 2.75) is 56.2 Å². The maximum Gasteiger partial charge on any atom is 0.346 e. The van der Waals surface area contributed by atoms with Gasteiger partial charge in [-0.05, 0) is 43.7 Å². The minimum Gasteiger partial charge on any atom is -0.477 e. The van der Waals surface area contributed by atoms with Crippen molar-refractivity contribution in [3.63, 3.8) is 0 Å². The molecule has 2 atom stereocenters. The molecule has 1 aromatic rings. The predicted octanol–water partition coefficient (Wildman–Crippen LogP) is 3.00. The number of carbonyl (C=O) groups is 1. The summed E-state index contributed by atoms with van der Waals surface area (Å²) in [7, 11) is -3.62. The van der Waals surface area contributed by atoms with E-state index in [2.05, 4.69) is 11.6 Å². The number of sulfonamides is 1. The van der Waals surface area contributed by atoms with Crippen molar-refractivity contribution < 1.29 is 18.3 Å². The molecule has 2 rings (SSSR count). The highest BCUT2D eigenvalue weighted by Gasteiger charge is 2.26. The summed E-state index contributed by atoms with van der Waals surface area (Å²) in [5, 5.41) is 9.03. The first-order chi connectivity index (χ1) is 9.79. The molecule has 118 valence electrons. The Balaban J connectivity index is 2.14. The molecule has 7 heteroatoms. The normalized spacial score (nSPS) is 23.7. The molecule has 21 heavy (non-hydrogen) atoms. The van der Waals surface area contributed by atoms with Gasteiger partial charge in [-0.15, -0.1) is 11.3 Å². The summed E-state index contributed by atoms with van der Waals surface area (Å²) in [6.45, 7) is 3.81. The number of aryl methyl sites for hydroxylation is 1. The van der Waals surface area contributed by atoms with E-state index < -0.39 is 16.0 Å². The zero-order valence-electron chi connectivity index (χ0n) is 12.3. The Bertz CT molecular complexity index is 621. The Morgan fingerprint density at radius 1 is 1.33 bits per heavy atom. The van der Waals surface area contributed by atoms with Crippen LogP contribution < -0.4 is 4.72 Å². The van der Waals surface area contributed by atoms with Crippen LogP contribution >= 0.6 is 11.3 Å². The maximum atomic E-state index is 12.4. The van der Waals surface area contributed by atoms with Crippen LogP contribution in [0.25, 0.3) is 0 Å². The number of hydrogen-bond acceptors (Lipinski definition) is 4. The van der Waals surface area contributed by atoms with Gasteiger partial charge in [0.25, 0.3) is 0 Å². The van der Waals surface area contributed by atoms with Crippen LogP contribution in [0.2, 0.25) is 0 Å². The van der Waals surface area contributed by atoms with Crippen molar-refractivity contribution in [1.82, 2.24) is 4.72 Å². The Morgan fingerprint density at radius 3 is 2.67 bits per heavy atom. The second kappa shape index (κ2) is 6.46. The standard InChI is InChI=1S/C14H21NO4S2/c1-9-4-3-5-11(7-6-9)15-21(18,19)12-8-10(2)13(20-12)14(16)17/h8-9,11,15H,3-7H2,1-2H3,(H,16,17). The number of hydrogen-bond donors (Lipinski definition) is 2. The Morgan fingerprint density at radius 2 is 2.05 bits per heavy atom. The first-order valence-corrected chi connectivity index (χ1v) is 9.45. The van der Waals surface area contributed by atoms with Crippen molar-refractivity contribution in [3.05, 3.63) is 16.5 Å². The fourth-order valence-corrected chi connectivity index (χ4v) is 5.38. The average molecular weight is 331 g/mol. The molecule has 1 aliphatic rings. The Kier molecular flexibility index (Phi) is 5.06. The van der Waals surface area contributed by atoms with Crippen LogP contribution in [0.15, 0.2) is 10.3 Å². The highest BCUT2D eigenvalue weighted by atomic mass is 32.2. The molecule has 1 heterocycles. The summed E-state index contributed by atoms with van der Waals surface area (Å²) in [5.41, 5.74) is 0.488. The molecule has 0 aliphatic heterocycles. The number of rotatable bonds is 4. The largest absolute Gasteiger partial charge is 0.477 e. The molecular formula is C14H21NO4S2. The van der Waals surface area contributed by atoms with Gasteiger partial charge in [-0.2, -0.15) is 0 Å². The molecule has 0 spiro atoms. The van der Waals surface area contributed by atoms with E-state index in [0.29, 0.717) is 11.5 Å². The third kappa shape index (κ3) is 4.05. The lowest BCUT2D eigenvalue weighted by molar-refractivity contribution is 0.0701. The smallest absolute Gasteiger partial charge is 0.346 e. The average Bonchev–Trinajstić information content (AvgIpc) is 2.68. The highest BCUT2D eigenvalue weighted by molar-refractivity contribution is 7.91.